The molecule has 9 heteroatoms. The summed E-state index contributed by atoms with van der Waals surface area (Å²) in [5, 5.41) is 14.1. The number of carbonyl (C=O) groups excluding carboxylic acids is 1. The van der Waals surface area contributed by atoms with Gasteiger partial charge in [-0.15, -0.1) is 0 Å². The number of nitrogens with one attached hydrogen (secondary N) is 1. The molecule has 0 aliphatic heterocycles. The molecule has 2 N–H and O–H groups in total. The van der Waals surface area contributed by atoms with E-state index in [1.165, 1.54) is 23.1 Å². The van der Waals surface area contributed by atoms with Gasteiger partial charge < -0.3 is 9.84 Å². The molecule has 0 spiro atoms. The second kappa shape index (κ2) is 8.03. The second-order valence-electron chi connectivity index (χ2n) is 8.24. The van der Waals surface area contributed by atoms with Crippen LogP contribution in [-0.2, 0) is 17.6 Å². The summed E-state index contributed by atoms with van der Waals surface area (Å²) >= 11 is 2.86. The van der Waals surface area contributed by atoms with Gasteiger partial charge in [0, 0.05) is 5.56 Å². The molecule has 0 saturated carbocycles. The van der Waals surface area contributed by atoms with E-state index in [-0.39, 0.29) is 11.8 Å². The molecule has 4 rings (SSSR count). The summed E-state index contributed by atoms with van der Waals surface area (Å²) in [5.74, 6) is 0.334. The number of para-hydroxylation sites is 1. The summed E-state index contributed by atoms with van der Waals surface area (Å²) < 4.78 is 6.35. The van der Waals surface area contributed by atoms with Crippen molar-refractivity contribution in [3.8, 4) is 5.88 Å². The zero-order chi connectivity index (χ0) is 21.5. The molecule has 1 unspecified atom stereocenters. The topological polar surface area (TPSA) is 97.2 Å². The molecule has 158 valence electrons. The maximum Gasteiger partial charge on any atom is 0.413 e. The van der Waals surface area contributed by atoms with Crippen molar-refractivity contribution >= 4 is 44.5 Å². The smallest absolute Gasteiger partial charge is 0.413 e. The number of rotatable bonds is 3. The quantitative estimate of drug-likeness (QED) is 0.427. The first kappa shape index (κ1) is 20.9. The highest BCUT2D eigenvalue weighted by molar-refractivity contribution is 7.98. The van der Waals surface area contributed by atoms with E-state index in [4.69, 9.17) is 4.74 Å². The van der Waals surface area contributed by atoms with Crippen LogP contribution in [0.5, 0.6) is 5.88 Å². The fourth-order valence-electron chi connectivity index (χ4n) is 3.67. The van der Waals surface area contributed by atoms with Gasteiger partial charge in [-0.2, -0.15) is 4.98 Å². The van der Waals surface area contributed by atoms with E-state index in [0.29, 0.717) is 10.3 Å². The summed E-state index contributed by atoms with van der Waals surface area (Å²) in [4.78, 5) is 25.6. The largest absolute Gasteiger partial charge is 0.493 e. The first-order valence-corrected chi connectivity index (χ1v) is 11.8. The maximum absolute atomic E-state index is 12.1. The average Bonchev–Trinajstić information content (AvgIpc) is 3.07. The van der Waals surface area contributed by atoms with Crippen molar-refractivity contribution < 1.29 is 14.6 Å². The van der Waals surface area contributed by atoms with Gasteiger partial charge in [-0.1, -0.05) is 35.2 Å². The Kier molecular flexibility index (Phi) is 5.59. The highest BCUT2D eigenvalue weighted by Crippen LogP contribution is 2.39. The number of thioether (sulfide) groups is 1. The third-order valence-electron chi connectivity index (χ3n) is 4.91. The van der Waals surface area contributed by atoms with E-state index in [0.717, 1.165) is 46.3 Å². The van der Waals surface area contributed by atoms with Crippen LogP contribution in [0.4, 0.5) is 9.93 Å². The Morgan fingerprint density at radius 3 is 2.83 bits per heavy atom. The van der Waals surface area contributed by atoms with Gasteiger partial charge in [-0.3, -0.25) is 5.32 Å². The van der Waals surface area contributed by atoms with Crippen molar-refractivity contribution in [1.82, 2.24) is 15.0 Å². The molecule has 2 aromatic heterocycles. The van der Waals surface area contributed by atoms with E-state index in [9.17, 15) is 9.90 Å². The molecule has 1 amide bonds. The Morgan fingerprint density at radius 1 is 1.30 bits per heavy atom. The number of ether oxygens (including phenoxy) is 1. The van der Waals surface area contributed by atoms with E-state index in [2.05, 4.69) is 26.3 Å². The standard InChI is InChI=1S/C21H24N4O3S2/c1-21(2,3)28-20(27)25-19-23-16-12(6-5-7-15(16)30-19)11-8-9-13-14(10-11)22-18(29-4)24-17(13)26/h5-7,11H,8-10H2,1-4H3,(H,22,24,26)(H,23,25,27). The van der Waals surface area contributed by atoms with Gasteiger partial charge in [0.25, 0.3) is 0 Å². The van der Waals surface area contributed by atoms with Crippen molar-refractivity contribution in [3.63, 3.8) is 0 Å². The Labute approximate surface area is 183 Å². The van der Waals surface area contributed by atoms with E-state index < -0.39 is 11.7 Å². The Morgan fingerprint density at radius 2 is 2.10 bits per heavy atom. The van der Waals surface area contributed by atoms with Gasteiger partial charge in [0.05, 0.1) is 15.9 Å². The van der Waals surface area contributed by atoms with Crippen LogP contribution in [0.1, 0.15) is 49.9 Å². The normalized spacial score (nSPS) is 16.3. The summed E-state index contributed by atoms with van der Waals surface area (Å²) in [6.07, 6.45) is 3.73. The minimum Gasteiger partial charge on any atom is -0.493 e. The number of anilines is 1. The van der Waals surface area contributed by atoms with Crippen molar-refractivity contribution in [3.05, 3.63) is 35.0 Å². The summed E-state index contributed by atoms with van der Waals surface area (Å²) in [5.41, 5.74) is 3.22. The lowest BCUT2D eigenvalue weighted by Gasteiger charge is -2.24. The Bertz CT molecular complexity index is 1110. The zero-order valence-electron chi connectivity index (χ0n) is 17.4. The minimum atomic E-state index is -0.565. The molecule has 7 nitrogen and oxygen atoms in total. The SMILES string of the molecule is CSc1nc(O)c2c(n1)CC(c1cccc3sc(NC(=O)OC(C)(C)C)nc13)CC2. The number of aromatic hydroxyl groups is 1. The summed E-state index contributed by atoms with van der Waals surface area (Å²) in [6.45, 7) is 5.48. The van der Waals surface area contributed by atoms with E-state index in [1.807, 2.05) is 39.2 Å². The first-order chi connectivity index (χ1) is 14.2. The van der Waals surface area contributed by atoms with Crippen LogP contribution in [0.2, 0.25) is 0 Å². The van der Waals surface area contributed by atoms with Gasteiger partial charge in [-0.05, 0) is 63.8 Å². The predicted molar refractivity (Wildman–Crippen MR) is 120 cm³/mol. The molecule has 1 aliphatic rings. The minimum absolute atomic E-state index is 0.0958. The lowest BCUT2D eigenvalue weighted by atomic mass is 9.82. The molecule has 0 fully saturated rings. The number of nitrogens with zero attached hydrogens (tertiary/aromatic N) is 3. The van der Waals surface area contributed by atoms with Crippen molar-refractivity contribution in [2.45, 2.75) is 56.7 Å². The van der Waals surface area contributed by atoms with Gasteiger partial charge in [0.1, 0.15) is 5.60 Å². The van der Waals surface area contributed by atoms with E-state index in [1.54, 1.807) is 0 Å². The monoisotopic (exact) mass is 444 g/mol. The second-order valence-corrected chi connectivity index (χ2v) is 10.0. The molecule has 30 heavy (non-hydrogen) atoms. The van der Waals surface area contributed by atoms with Crippen LogP contribution in [0.15, 0.2) is 23.4 Å². The molecule has 0 bridgehead atoms. The summed E-state index contributed by atoms with van der Waals surface area (Å²) in [7, 11) is 0. The van der Waals surface area contributed by atoms with Crippen molar-refractivity contribution in [1.29, 1.82) is 0 Å². The number of aromatic nitrogens is 3. The third-order valence-corrected chi connectivity index (χ3v) is 6.40. The van der Waals surface area contributed by atoms with Gasteiger partial charge in [0.2, 0.25) is 5.88 Å². The maximum atomic E-state index is 12.1. The third kappa shape index (κ3) is 4.37. The summed E-state index contributed by atoms with van der Waals surface area (Å²) in [6, 6.07) is 6.12. The van der Waals surface area contributed by atoms with Crippen LogP contribution in [0.25, 0.3) is 10.2 Å². The van der Waals surface area contributed by atoms with Crippen LogP contribution in [-0.4, -0.2) is 38.0 Å². The molecule has 1 aromatic carbocycles. The number of thiazole rings is 1. The number of hydrogen-bond donors (Lipinski definition) is 2. The highest BCUT2D eigenvalue weighted by Gasteiger charge is 2.27. The first-order valence-electron chi connectivity index (χ1n) is 9.75. The molecule has 1 atom stereocenters. The molecule has 2 heterocycles. The Balaban J connectivity index is 1.61. The number of amides is 1. The van der Waals surface area contributed by atoms with Gasteiger partial charge >= 0.3 is 6.09 Å². The molecule has 1 aliphatic carbocycles. The predicted octanol–water partition coefficient (Wildman–Crippen LogP) is 5.13. The molecule has 0 radical (unpaired) electrons. The van der Waals surface area contributed by atoms with Crippen LogP contribution in [0.3, 0.4) is 0 Å². The Hall–Kier alpha value is -2.39. The zero-order valence-corrected chi connectivity index (χ0v) is 19.0. The molecule has 3 aromatic rings. The van der Waals surface area contributed by atoms with Gasteiger partial charge in [-0.25, -0.2) is 14.8 Å². The van der Waals surface area contributed by atoms with Crippen molar-refractivity contribution in [2.24, 2.45) is 0 Å². The lowest BCUT2D eigenvalue weighted by molar-refractivity contribution is 0.0636. The highest BCUT2D eigenvalue weighted by atomic mass is 32.2. The molecular formula is C21H24N4O3S2. The van der Waals surface area contributed by atoms with Crippen LogP contribution in [0, 0.1) is 0 Å². The number of fused-ring (bicyclic) bond motifs is 2. The molecular weight excluding hydrogens is 420 g/mol. The van der Waals surface area contributed by atoms with Crippen LogP contribution >= 0.6 is 23.1 Å². The van der Waals surface area contributed by atoms with E-state index >= 15 is 0 Å². The van der Waals surface area contributed by atoms with Crippen LogP contribution < -0.4 is 5.32 Å². The fraction of sp³-hybridized carbons (Fsp3) is 0.429. The molecule has 0 saturated heterocycles. The van der Waals surface area contributed by atoms with Gasteiger partial charge in [0.15, 0.2) is 10.3 Å². The van der Waals surface area contributed by atoms with Crippen molar-refractivity contribution in [2.75, 3.05) is 11.6 Å². The average molecular weight is 445 g/mol. The number of hydrogen-bond acceptors (Lipinski definition) is 8. The fourth-order valence-corrected chi connectivity index (χ4v) is 4.94. The lowest BCUT2D eigenvalue weighted by Crippen LogP contribution is -2.27. The number of benzene rings is 1. The number of carbonyl (C=O) groups is 1.